The maximum atomic E-state index is 9.24. The van der Waals surface area contributed by atoms with Crippen molar-refractivity contribution in [2.24, 2.45) is 0 Å². The van der Waals surface area contributed by atoms with Gasteiger partial charge in [-0.05, 0) is 110 Å². The number of ether oxygens (including phenoxy) is 1. The van der Waals surface area contributed by atoms with Crippen molar-refractivity contribution in [3.63, 3.8) is 0 Å². The molecular formula is C66H43N7OPt-2. The molecule has 0 aliphatic heterocycles. The summed E-state index contributed by atoms with van der Waals surface area (Å²) in [7, 11) is 0. The number of hydrogen-bond acceptors (Lipinski definition) is 2. The van der Waals surface area contributed by atoms with E-state index in [0.29, 0.717) is 45.3 Å². The smallest absolute Gasteiger partial charge is 0.268 e. The molecule has 360 valence electrons. The minimum absolute atomic E-state index is 0. The first-order valence-corrected chi connectivity index (χ1v) is 23.6. The van der Waals surface area contributed by atoms with Crippen molar-refractivity contribution in [3.05, 3.63) is 253 Å². The van der Waals surface area contributed by atoms with Gasteiger partial charge in [0.15, 0.2) is 11.4 Å². The van der Waals surface area contributed by atoms with E-state index >= 15 is 0 Å². The summed E-state index contributed by atoms with van der Waals surface area (Å²) in [5, 5.41) is 3.46. The van der Waals surface area contributed by atoms with Gasteiger partial charge in [0.05, 0.1) is 54.6 Å². The quantitative estimate of drug-likeness (QED) is 0.112. The van der Waals surface area contributed by atoms with Crippen LogP contribution in [-0.4, -0.2) is 18.7 Å². The third kappa shape index (κ3) is 8.05. The van der Waals surface area contributed by atoms with Gasteiger partial charge in [0.1, 0.15) is 5.82 Å². The largest absolute Gasteiger partial charge is 0.510 e. The average molecular weight is 1160 g/mol. The van der Waals surface area contributed by atoms with Gasteiger partial charge in [-0.25, -0.2) is 14.7 Å². The second-order valence-corrected chi connectivity index (χ2v) is 18.7. The summed E-state index contributed by atoms with van der Waals surface area (Å²) in [5.41, 5.74) is 6.82. The summed E-state index contributed by atoms with van der Waals surface area (Å²) in [6.07, 6.45) is 5.31. The molecular weight excluding hydrogens is 1100 g/mol. The normalized spacial score (nSPS) is 13.4. The minimum Gasteiger partial charge on any atom is -0.510 e. The van der Waals surface area contributed by atoms with Crippen LogP contribution in [0, 0.1) is 31.6 Å². The Morgan fingerprint density at radius 3 is 1.89 bits per heavy atom. The van der Waals surface area contributed by atoms with Crippen LogP contribution >= 0.6 is 0 Å². The zero-order chi connectivity index (χ0) is 58.8. The molecule has 0 N–H and O–H groups in total. The molecule has 0 atom stereocenters. The van der Waals surface area contributed by atoms with E-state index in [1.54, 1.807) is 69.8 Å². The fourth-order valence-electron chi connectivity index (χ4n) is 9.88. The molecule has 0 aliphatic carbocycles. The summed E-state index contributed by atoms with van der Waals surface area (Å²) in [4.78, 5) is 12.2. The maximum absolute atomic E-state index is 9.24. The first kappa shape index (κ1) is 36.6. The van der Waals surface area contributed by atoms with Crippen LogP contribution in [0.15, 0.2) is 206 Å². The summed E-state index contributed by atoms with van der Waals surface area (Å²) in [6.45, 7) is 22.1. The Bertz CT molecular complexity index is 4890. The fraction of sp³-hybridized carbons (Fsp3) is 0.0606. The molecule has 0 unspecified atom stereocenters. The zero-order valence-corrected chi connectivity index (χ0v) is 42.5. The van der Waals surface area contributed by atoms with E-state index in [1.165, 1.54) is 0 Å². The van der Waals surface area contributed by atoms with Crippen LogP contribution in [0.2, 0.25) is 0 Å². The van der Waals surface area contributed by atoms with Gasteiger partial charge in [0, 0.05) is 50.0 Å². The Balaban J connectivity index is 0.00000709. The van der Waals surface area contributed by atoms with Crippen molar-refractivity contribution in [3.8, 4) is 56.6 Å². The van der Waals surface area contributed by atoms with Crippen LogP contribution in [0.25, 0.3) is 109 Å². The second kappa shape index (κ2) is 18.6. The van der Waals surface area contributed by atoms with E-state index in [1.807, 2.05) is 71.4 Å². The molecule has 4 aromatic heterocycles. The van der Waals surface area contributed by atoms with Crippen LogP contribution in [0.1, 0.15) is 40.0 Å². The van der Waals surface area contributed by atoms with Crippen LogP contribution < -0.4 is 9.30 Å². The number of nitrogens with zero attached hydrogens (tertiary/aromatic N) is 7. The Kier molecular flexibility index (Phi) is 9.07. The van der Waals surface area contributed by atoms with Gasteiger partial charge in [-0.3, -0.25) is 4.57 Å². The first-order chi connectivity index (χ1) is 40.4. The van der Waals surface area contributed by atoms with Gasteiger partial charge in [-0.1, -0.05) is 141 Å². The number of hydrogen-bond donors (Lipinski definition) is 0. The van der Waals surface area contributed by atoms with E-state index in [2.05, 4.69) is 71.7 Å². The summed E-state index contributed by atoms with van der Waals surface area (Å²) in [5.74, 6) is 1.41. The number of pyridine rings is 1. The molecule has 0 saturated heterocycles. The number of imidazole rings is 1. The number of rotatable bonds is 8. The van der Waals surface area contributed by atoms with Crippen molar-refractivity contribution in [2.75, 3.05) is 0 Å². The fourth-order valence-corrected chi connectivity index (χ4v) is 9.88. The Labute approximate surface area is 462 Å². The topological polar surface area (TPSA) is 49.5 Å². The Morgan fingerprint density at radius 2 is 1.23 bits per heavy atom. The molecule has 9 aromatic carbocycles. The summed E-state index contributed by atoms with van der Waals surface area (Å²) < 4.78 is 103. The molecule has 0 bridgehead atoms. The first-order valence-electron chi connectivity index (χ1n) is 28.6. The van der Waals surface area contributed by atoms with Gasteiger partial charge in [-0.2, -0.15) is 18.2 Å². The second-order valence-electron chi connectivity index (χ2n) is 18.7. The maximum Gasteiger partial charge on any atom is 0.268 e. The summed E-state index contributed by atoms with van der Waals surface area (Å²) >= 11 is 0. The molecule has 0 spiro atoms. The third-order valence-electron chi connectivity index (χ3n) is 13.3. The molecule has 0 fully saturated rings. The van der Waals surface area contributed by atoms with Crippen LogP contribution in [0.5, 0.6) is 11.5 Å². The van der Waals surface area contributed by atoms with Crippen LogP contribution in [-0.2, 0) is 26.5 Å². The molecule has 0 amide bonds. The van der Waals surface area contributed by atoms with Gasteiger partial charge in [0.2, 0.25) is 0 Å². The minimum atomic E-state index is -0.610. The van der Waals surface area contributed by atoms with E-state index < -0.39 is 60.4 Å². The monoisotopic (exact) mass is 1150 g/mol. The number of benzene rings is 9. The Hall–Kier alpha value is -9.33. The number of fused-ring (bicyclic) bond motifs is 7. The van der Waals surface area contributed by atoms with Gasteiger partial charge < -0.3 is 18.4 Å². The van der Waals surface area contributed by atoms with Crippen molar-refractivity contribution in [1.82, 2.24) is 18.7 Å². The summed E-state index contributed by atoms with van der Waals surface area (Å²) in [6, 6.07) is 43.8. The molecule has 8 nitrogen and oxygen atoms in total. The van der Waals surface area contributed by atoms with Crippen molar-refractivity contribution >= 4 is 66.0 Å². The standard InChI is InChI=1S/C66H43N7O.Pt/c1-66(2,3)45-34-35-69-64(36-45)73-58-25-13-12-22-54(58)55-30-29-51(41-62(55)73)74-50-21-14-20-48(39-50)70-42-71(65-52(43-16-8-6-9-17-43)23-15-24-53(65)44-18-10-7-11-19-44)61-33-28-49(40-63(61)70)72-59-31-26-46(67-4)37-56(59)57-38-47(68-5)27-32-60(57)72;/h6-38,40H,1-3H3;/q-2;/i6D,7D,8D,9D,10D,11D,16D,17D,18D,19D;. The van der Waals surface area contributed by atoms with E-state index in [4.69, 9.17) is 31.1 Å². The van der Waals surface area contributed by atoms with E-state index in [-0.39, 0.29) is 54.4 Å². The number of para-hydroxylation sites is 2. The van der Waals surface area contributed by atoms with Gasteiger partial charge in [-0.15, -0.1) is 29.7 Å². The Morgan fingerprint density at radius 1 is 0.587 bits per heavy atom. The molecule has 0 aliphatic rings. The van der Waals surface area contributed by atoms with Crippen LogP contribution in [0.4, 0.5) is 11.4 Å². The van der Waals surface area contributed by atoms with Crippen LogP contribution in [0.3, 0.4) is 0 Å². The molecule has 13 aromatic rings. The van der Waals surface area contributed by atoms with Gasteiger partial charge in [0.25, 0.3) is 6.33 Å². The zero-order valence-electron chi connectivity index (χ0n) is 50.2. The third-order valence-corrected chi connectivity index (χ3v) is 13.3. The molecule has 9 heteroatoms. The molecule has 0 radical (unpaired) electrons. The number of aromatic nitrogens is 5. The SMILES string of the molecule is [2H]c1c([2H])c([2H])c(-c2cccc(-c3c([2H])c([2H])c([2H])c([2H])c3[2H])c2-[n+]2[c-]n(-c3[c-]c(Oc4[c-]c5c(cc4)c4ccccc4n5-c4cc(C(C)(C)C)ccn4)ccc3)c3cc(-n4c5ccc([N+]#[C-])cc5c5cc([N+]#[C-])ccc54)ccc32)c([2H])c1[2H].[Pt]. The predicted molar refractivity (Wildman–Crippen MR) is 296 cm³/mol. The van der Waals surface area contributed by atoms with Crippen molar-refractivity contribution < 1.29 is 44.1 Å². The average Bonchev–Trinajstić information content (AvgIpc) is 3.33. The van der Waals surface area contributed by atoms with E-state index in [9.17, 15) is 5.48 Å². The van der Waals surface area contributed by atoms with Crippen molar-refractivity contribution in [2.45, 2.75) is 26.2 Å². The van der Waals surface area contributed by atoms with Gasteiger partial charge >= 0.3 is 0 Å². The van der Waals surface area contributed by atoms with Crippen molar-refractivity contribution in [1.29, 1.82) is 0 Å². The molecule has 75 heavy (non-hydrogen) atoms. The predicted octanol–water partition coefficient (Wildman–Crippen LogP) is 16.4. The molecule has 13 rings (SSSR count). The molecule has 0 saturated carbocycles. The molecule has 4 heterocycles. The van der Waals surface area contributed by atoms with E-state index in [0.717, 1.165) is 55.0 Å².